The second kappa shape index (κ2) is 10.3. The molecule has 15 nitrogen and oxygen atoms in total. The Morgan fingerprint density at radius 1 is 1.05 bits per heavy atom. The first-order valence-corrected chi connectivity index (χ1v) is 13.0. The van der Waals surface area contributed by atoms with Crippen molar-refractivity contribution in [3.05, 3.63) is 47.2 Å². The van der Waals surface area contributed by atoms with Gasteiger partial charge in [0.15, 0.2) is 29.2 Å². The zero-order valence-electron chi connectivity index (χ0n) is 22.2. The molecule has 6 rings (SSSR count). The summed E-state index contributed by atoms with van der Waals surface area (Å²) in [5.74, 6) is -4.53. The van der Waals surface area contributed by atoms with Crippen molar-refractivity contribution >= 4 is 17.7 Å². The van der Waals surface area contributed by atoms with Gasteiger partial charge in [0.05, 0.1) is 44.7 Å². The van der Waals surface area contributed by atoms with Gasteiger partial charge in [0.2, 0.25) is 6.29 Å². The number of aromatic hydroxyl groups is 1. The fourth-order valence-corrected chi connectivity index (χ4v) is 6.19. The first-order chi connectivity index (χ1) is 20.1. The molecule has 5 N–H and O–H groups in total. The van der Waals surface area contributed by atoms with Gasteiger partial charge in [0, 0.05) is 11.5 Å². The number of carbonyl (C=O) groups is 3. The van der Waals surface area contributed by atoms with E-state index in [1.807, 2.05) is 0 Å². The van der Waals surface area contributed by atoms with Crippen LogP contribution < -0.4 is 4.74 Å². The number of ether oxygens (including phenoxy) is 7. The lowest BCUT2D eigenvalue weighted by molar-refractivity contribution is -0.347. The van der Waals surface area contributed by atoms with Gasteiger partial charge >= 0.3 is 11.9 Å². The van der Waals surface area contributed by atoms with E-state index in [1.54, 1.807) is 0 Å². The molecular weight excluding hydrogens is 564 g/mol. The van der Waals surface area contributed by atoms with Crippen LogP contribution in [0, 0.1) is 11.8 Å². The van der Waals surface area contributed by atoms with E-state index >= 15 is 0 Å². The zero-order chi connectivity index (χ0) is 30.1. The van der Waals surface area contributed by atoms with Crippen LogP contribution in [0.4, 0.5) is 0 Å². The largest absolute Gasteiger partial charge is 0.504 e. The molecule has 0 aromatic heterocycles. The summed E-state index contributed by atoms with van der Waals surface area (Å²) in [5, 5.41) is 50.4. The predicted octanol–water partition coefficient (Wildman–Crippen LogP) is -1.95. The van der Waals surface area contributed by atoms with Gasteiger partial charge in [0.25, 0.3) is 0 Å². The number of epoxide rings is 1. The fraction of sp³-hybridized carbons (Fsp3) is 0.519. The standard InChI is InChI=1S/C27H28O15/c1-36-13-5-9(3-4-12(13)29)17(30)10-6-27(42-24(10)35)16-15(21-22(27)40-21)11(23(34)37-2)8-38-25(16)41-26-20(33)19(32)18(31)14(7-28)39-26/h3-6,8,14-16,18-22,25-26,28-29,31-33H,7H2,1-2H3/t14-,15-,16-,18-,19+,20-,21+,22+,25+,26+,27-/m1/s1. The average Bonchev–Trinajstić information content (AvgIpc) is 3.66. The molecule has 1 aromatic carbocycles. The average molecular weight is 593 g/mol. The maximum Gasteiger partial charge on any atom is 0.342 e. The molecule has 11 atom stereocenters. The Hall–Kier alpha value is -3.57. The molecule has 42 heavy (non-hydrogen) atoms. The molecule has 4 aliphatic heterocycles. The number of carbonyl (C=O) groups excluding carboxylic acids is 3. The van der Waals surface area contributed by atoms with Crippen LogP contribution in [0.3, 0.4) is 0 Å². The Balaban J connectivity index is 1.37. The summed E-state index contributed by atoms with van der Waals surface area (Å²) in [5.41, 5.74) is -1.95. The number of rotatable bonds is 7. The summed E-state index contributed by atoms with van der Waals surface area (Å²) in [6, 6.07) is 3.80. The minimum atomic E-state index is -1.78. The molecule has 1 spiro atoms. The van der Waals surface area contributed by atoms with Crippen molar-refractivity contribution in [3.8, 4) is 11.5 Å². The normalized spacial score (nSPS) is 39.8. The van der Waals surface area contributed by atoms with Gasteiger partial charge in [-0.05, 0) is 24.3 Å². The van der Waals surface area contributed by atoms with Crippen molar-refractivity contribution in [2.24, 2.45) is 11.8 Å². The molecule has 0 bridgehead atoms. The number of methoxy groups -OCH3 is 2. The van der Waals surface area contributed by atoms with Gasteiger partial charge < -0.3 is 58.7 Å². The topological polar surface area (TPSA) is 220 Å². The van der Waals surface area contributed by atoms with Crippen LogP contribution in [0.25, 0.3) is 0 Å². The highest BCUT2D eigenvalue weighted by Gasteiger charge is 2.78. The van der Waals surface area contributed by atoms with E-state index in [0.29, 0.717) is 0 Å². The number of hydrogen-bond donors (Lipinski definition) is 5. The monoisotopic (exact) mass is 592 g/mol. The number of phenolic OH excluding ortho intramolecular Hbond substituents is 1. The summed E-state index contributed by atoms with van der Waals surface area (Å²) in [4.78, 5) is 39.3. The molecule has 3 fully saturated rings. The van der Waals surface area contributed by atoms with Gasteiger partial charge in [-0.25, -0.2) is 9.59 Å². The number of esters is 2. The lowest BCUT2D eigenvalue weighted by Crippen LogP contribution is -2.61. The smallest absolute Gasteiger partial charge is 0.342 e. The molecule has 0 unspecified atom stereocenters. The molecule has 1 aliphatic carbocycles. The van der Waals surface area contributed by atoms with Crippen molar-refractivity contribution in [2.45, 2.75) is 54.8 Å². The van der Waals surface area contributed by atoms with Crippen LogP contribution in [0.5, 0.6) is 11.5 Å². The highest BCUT2D eigenvalue weighted by Crippen LogP contribution is 2.62. The third kappa shape index (κ3) is 4.19. The zero-order valence-corrected chi connectivity index (χ0v) is 22.2. The third-order valence-corrected chi connectivity index (χ3v) is 8.30. The summed E-state index contributed by atoms with van der Waals surface area (Å²) in [6.07, 6.45) is -8.57. The fourth-order valence-electron chi connectivity index (χ4n) is 6.19. The number of benzene rings is 1. The van der Waals surface area contributed by atoms with Crippen molar-refractivity contribution in [3.63, 3.8) is 0 Å². The number of fused-ring (bicyclic) bond motifs is 5. The lowest BCUT2D eigenvalue weighted by atomic mass is 9.78. The van der Waals surface area contributed by atoms with Crippen molar-refractivity contribution < 1.29 is 73.1 Å². The van der Waals surface area contributed by atoms with Gasteiger partial charge in [-0.1, -0.05) is 0 Å². The van der Waals surface area contributed by atoms with Gasteiger partial charge in [-0.3, -0.25) is 4.79 Å². The lowest BCUT2D eigenvalue weighted by Gasteiger charge is -2.45. The Kier molecular flexibility index (Phi) is 7.00. The minimum absolute atomic E-state index is 0.00980. The number of phenols is 1. The molecule has 4 heterocycles. The van der Waals surface area contributed by atoms with Crippen molar-refractivity contribution in [2.75, 3.05) is 20.8 Å². The first-order valence-electron chi connectivity index (χ1n) is 13.0. The summed E-state index contributed by atoms with van der Waals surface area (Å²) in [6.45, 7) is -0.704. The van der Waals surface area contributed by atoms with Gasteiger partial charge in [0.1, 0.15) is 36.1 Å². The second-order valence-corrected chi connectivity index (χ2v) is 10.5. The van der Waals surface area contributed by atoms with Crippen LogP contribution in [0.2, 0.25) is 0 Å². The molecule has 2 saturated heterocycles. The minimum Gasteiger partial charge on any atom is -0.504 e. The molecule has 15 heteroatoms. The van der Waals surface area contributed by atoms with E-state index < -0.39 is 91.0 Å². The number of aliphatic hydroxyl groups is 4. The van der Waals surface area contributed by atoms with Crippen molar-refractivity contribution in [1.82, 2.24) is 0 Å². The van der Waals surface area contributed by atoms with E-state index in [1.165, 1.54) is 38.5 Å². The van der Waals surface area contributed by atoms with Gasteiger partial charge in [-0.15, -0.1) is 0 Å². The van der Waals surface area contributed by atoms with E-state index in [4.69, 9.17) is 33.2 Å². The van der Waals surface area contributed by atoms with Crippen LogP contribution in [0.15, 0.2) is 41.7 Å². The van der Waals surface area contributed by atoms with Crippen LogP contribution in [-0.2, 0) is 38.0 Å². The molecule has 5 aliphatic rings. The molecule has 226 valence electrons. The summed E-state index contributed by atoms with van der Waals surface area (Å²) >= 11 is 0. The third-order valence-electron chi connectivity index (χ3n) is 8.30. The number of Topliss-reactive ketones (excluding diaryl/α,β-unsaturated/α-hetero) is 1. The summed E-state index contributed by atoms with van der Waals surface area (Å²) in [7, 11) is 2.47. The van der Waals surface area contributed by atoms with Gasteiger partial charge in [-0.2, -0.15) is 0 Å². The molecule has 0 radical (unpaired) electrons. The Morgan fingerprint density at radius 2 is 1.81 bits per heavy atom. The van der Waals surface area contributed by atoms with Crippen LogP contribution in [0.1, 0.15) is 10.4 Å². The number of aliphatic hydroxyl groups excluding tert-OH is 4. The van der Waals surface area contributed by atoms with E-state index in [0.717, 1.165) is 6.26 Å². The maximum atomic E-state index is 13.4. The number of ketones is 1. The summed E-state index contributed by atoms with van der Waals surface area (Å²) < 4.78 is 38.7. The second-order valence-electron chi connectivity index (χ2n) is 10.5. The van der Waals surface area contributed by atoms with E-state index in [2.05, 4.69) is 0 Å². The number of hydrogen-bond acceptors (Lipinski definition) is 15. The highest BCUT2D eigenvalue weighted by molar-refractivity contribution is 6.25. The predicted molar refractivity (Wildman–Crippen MR) is 131 cm³/mol. The molecule has 1 aromatic rings. The van der Waals surface area contributed by atoms with Crippen LogP contribution in [-0.4, -0.2) is 119 Å². The Morgan fingerprint density at radius 3 is 2.50 bits per heavy atom. The van der Waals surface area contributed by atoms with Crippen molar-refractivity contribution in [1.29, 1.82) is 0 Å². The maximum absolute atomic E-state index is 13.4. The Bertz CT molecular complexity index is 1370. The quantitative estimate of drug-likeness (QED) is 0.100. The van der Waals surface area contributed by atoms with Crippen LogP contribution >= 0.6 is 0 Å². The van der Waals surface area contributed by atoms with E-state index in [-0.39, 0.29) is 28.2 Å². The molecule has 1 saturated carbocycles. The molecule has 0 amide bonds. The Labute approximate surface area is 237 Å². The van der Waals surface area contributed by atoms with E-state index in [9.17, 15) is 39.9 Å². The SMILES string of the molecule is COC(=O)C1=CO[C@@H](O[C@@H]2O[C@H](CO)[C@@H](O)[C@H](O)[C@H]2O)[C@H]2[C@@H]1[C@@H]1O[C@@H]1[C@@]21C=C(C(=O)c2ccc(O)c(OC)c2)C(=O)O1. The molecular formula is C27H28O15. The first kappa shape index (κ1) is 28.5. The highest BCUT2D eigenvalue weighted by atomic mass is 16.8.